The minimum atomic E-state index is -1.23. The highest BCUT2D eigenvalue weighted by Crippen LogP contribution is 2.19. The molecule has 2 aromatic carbocycles. The number of benzene rings is 2. The number of aromatic nitrogens is 1. The molecule has 1 N–H and O–H groups in total. The van der Waals surface area contributed by atoms with E-state index in [1.54, 1.807) is 28.8 Å². The molecule has 0 aliphatic heterocycles. The van der Waals surface area contributed by atoms with Crippen LogP contribution in [0.1, 0.15) is 15.9 Å². The van der Waals surface area contributed by atoms with Gasteiger partial charge in [-0.25, -0.2) is 4.79 Å². The Kier molecular flexibility index (Phi) is 3.69. The second kappa shape index (κ2) is 5.66. The number of halogens is 1. The second-order valence-corrected chi connectivity index (χ2v) is 5.32. The van der Waals surface area contributed by atoms with Crippen LogP contribution in [0.4, 0.5) is 0 Å². The topological polar surface area (TPSA) is 59.3 Å². The van der Waals surface area contributed by atoms with Gasteiger partial charge in [0.1, 0.15) is 5.56 Å². The predicted octanol–water partition coefficient (Wildman–Crippen LogP) is 3.40. The number of rotatable bonds is 3. The van der Waals surface area contributed by atoms with E-state index in [0.29, 0.717) is 22.5 Å². The average molecular weight is 314 g/mol. The van der Waals surface area contributed by atoms with Gasteiger partial charge in [-0.2, -0.15) is 0 Å². The first-order valence-corrected chi connectivity index (χ1v) is 7.04. The van der Waals surface area contributed by atoms with Gasteiger partial charge >= 0.3 is 5.97 Å². The van der Waals surface area contributed by atoms with Crippen LogP contribution in [-0.4, -0.2) is 15.6 Å². The summed E-state index contributed by atoms with van der Waals surface area (Å²) in [6, 6.07) is 14.3. The maximum atomic E-state index is 12.2. The first kappa shape index (κ1) is 14.4. The van der Waals surface area contributed by atoms with Crippen molar-refractivity contribution in [1.82, 2.24) is 4.57 Å². The number of aromatic carboxylic acids is 1. The minimum absolute atomic E-state index is 0.245. The summed E-state index contributed by atoms with van der Waals surface area (Å²) in [4.78, 5) is 23.5. The highest BCUT2D eigenvalue weighted by molar-refractivity contribution is 6.31. The molecule has 0 aliphatic carbocycles. The summed E-state index contributed by atoms with van der Waals surface area (Å²) in [6.45, 7) is 0.390. The first-order chi connectivity index (χ1) is 10.6. The van der Waals surface area contributed by atoms with Crippen LogP contribution in [-0.2, 0) is 6.54 Å². The quantitative estimate of drug-likeness (QED) is 0.806. The van der Waals surface area contributed by atoms with Gasteiger partial charge in [-0.1, -0.05) is 41.9 Å². The molecule has 0 saturated carbocycles. The molecular formula is C17H12ClNO3. The molecule has 22 heavy (non-hydrogen) atoms. The van der Waals surface area contributed by atoms with Crippen molar-refractivity contribution in [2.45, 2.75) is 6.54 Å². The summed E-state index contributed by atoms with van der Waals surface area (Å²) in [5.41, 5.74) is 0.816. The van der Waals surface area contributed by atoms with Crippen molar-refractivity contribution >= 4 is 28.5 Å². The van der Waals surface area contributed by atoms with E-state index in [-0.39, 0.29) is 5.56 Å². The molecule has 5 heteroatoms. The van der Waals surface area contributed by atoms with Crippen LogP contribution in [0.3, 0.4) is 0 Å². The lowest BCUT2D eigenvalue weighted by atomic mass is 10.1. The van der Waals surface area contributed by atoms with E-state index in [2.05, 4.69) is 0 Å². The van der Waals surface area contributed by atoms with Crippen molar-refractivity contribution in [2.75, 3.05) is 0 Å². The molecule has 0 atom stereocenters. The molecule has 1 heterocycles. The van der Waals surface area contributed by atoms with E-state index < -0.39 is 11.4 Å². The van der Waals surface area contributed by atoms with Crippen LogP contribution >= 0.6 is 11.6 Å². The van der Waals surface area contributed by atoms with E-state index >= 15 is 0 Å². The first-order valence-electron chi connectivity index (χ1n) is 6.67. The van der Waals surface area contributed by atoms with Crippen LogP contribution in [0.2, 0.25) is 5.02 Å². The van der Waals surface area contributed by atoms with Crippen molar-refractivity contribution in [1.29, 1.82) is 0 Å². The Bertz CT molecular complexity index is 931. The Balaban J connectivity index is 2.25. The van der Waals surface area contributed by atoms with Crippen molar-refractivity contribution < 1.29 is 9.90 Å². The molecule has 0 saturated heterocycles. The van der Waals surface area contributed by atoms with Gasteiger partial charge in [0, 0.05) is 23.2 Å². The number of carbonyl (C=O) groups is 1. The van der Waals surface area contributed by atoms with Crippen molar-refractivity contribution in [3.05, 3.63) is 81.1 Å². The molecule has 4 nitrogen and oxygen atoms in total. The van der Waals surface area contributed by atoms with Gasteiger partial charge in [-0.05, 0) is 23.8 Å². The normalized spacial score (nSPS) is 10.8. The van der Waals surface area contributed by atoms with E-state index in [0.717, 1.165) is 5.56 Å². The lowest BCUT2D eigenvalue weighted by molar-refractivity contribution is 0.0695. The molecule has 0 radical (unpaired) electrons. The minimum Gasteiger partial charge on any atom is -0.477 e. The van der Waals surface area contributed by atoms with Crippen LogP contribution in [0.5, 0.6) is 0 Å². The van der Waals surface area contributed by atoms with E-state index in [1.165, 1.54) is 6.20 Å². The molecule has 0 aliphatic rings. The number of fused-ring (bicyclic) bond motifs is 1. The summed E-state index contributed by atoms with van der Waals surface area (Å²) in [5, 5.41) is 10.2. The average Bonchev–Trinajstić information content (AvgIpc) is 2.52. The number of nitrogens with zero attached hydrogens (tertiary/aromatic N) is 1. The summed E-state index contributed by atoms with van der Waals surface area (Å²) in [5.74, 6) is -1.23. The van der Waals surface area contributed by atoms with Crippen LogP contribution in [0, 0.1) is 0 Å². The zero-order valence-electron chi connectivity index (χ0n) is 11.5. The number of carboxylic acids is 1. The van der Waals surface area contributed by atoms with Gasteiger partial charge in [-0.3, -0.25) is 4.79 Å². The molecule has 1 aromatic heterocycles. The zero-order valence-corrected chi connectivity index (χ0v) is 12.2. The summed E-state index contributed by atoms with van der Waals surface area (Å²) in [6.07, 6.45) is 1.37. The van der Waals surface area contributed by atoms with Gasteiger partial charge in [0.15, 0.2) is 0 Å². The third-order valence-electron chi connectivity index (χ3n) is 3.52. The Morgan fingerprint density at radius 2 is 1.77 bits per heavy atom. The molecule has 3 rings (SSSR count). The number of hydrogen-bond acceptors (Lipinski definition) is 2. The summed E-state index contributed by atoms with van der Waals surface area (Å²) >= 11 is 6.17. The standard InChI is InChI=1S/C17H12ClNO3/c18-14-7-3-1-5-11(14)9-19-10-13(17(21)22)16(20)12-6-2-4-8-15(12)19/h1-8,10H,9H2,(H,21,22). The smallest absolute Gasteiger partial charge is 0.341 e. The third-order valence-corrected chi connectivity index (χ3v) is 3.89. The molecule has 0 amide bonds. The van der Waals surface area contributed by atoms with E-state index in [9.17, 15) is 14.7 Å². The number of pyridine rings is 1. The number of para-hydroxylation sites is 1. The van der Waals surface area contributed by atoms with Gasteiger partial charge in [-0.15, -0.1) is 0 Å². The fourth-order valence-electron chi connectivity index (χ4n) is 2.44. The fraction of sp³-hybridized carbons (Fsp3) is 0.0588. The Morgan fingerprint density at radius 3 is 2.50 bits per heavy atom. The number of hydrogen-bond donors (Lipinski definition) is 1. The largest absolute Gasteiger partial charge is 0.477 e. The maximum Gasteiger partial charge on any atom is 0.341 e. The van der Waals surface area contributed by atoms with Crippen molar-refractivity contribution in [3.8, 4) is 0 Å². The van der Waals surface area contributed by atoms with Gasteiger partial charge < -0.3 is 9.67 Å². The monoisotopic (exact) mass is 313 g/mol. The van der Waals surface area contributed by atoms with Crippen LogP contribution in [0.25, 0.3) is 10.9 Å². The summed E-state index contributed by atoms with van der Waals surface area (Å²) in [7, 11) is 0. The van der Waals surface area contributed by atoms with E-state index in [4.69, 9.17) is 11.6 Å². The Morgan fingerprint density at radius 1 is 1.09 bits per heavy atom. The number of carboxylic acid groups (broad SMARTS) is 1. The van der Waals surface area contributed by atoms with E-state index in [1.807, 2.05) is 24.3 Å². The molecule has 0 unspecified atom stereocenters. The molecule has 110 valence electrons. The lowest BCUT2D eigenvalue weighted by Crippen LogP contribution is -2.19. The van der Waals surface area contributed by atoms with Gasteiger partial charge in [0.05, 0.1) is 5.52 Å². The predicted molar refractivity (Wildman–Crippen MR) is 85.7 cm³/mol. The zero-order chi connectivity index (χ0) is 15.7. The molecule has 3 aromatic rings. The van der Waals surface area contributed by atoms with Crippen molar-refractivity contribution in [2.24, 2.45) is 0 Å². The maximum absolute atomic E-state index is 12.2. The Hall–Kier alpha value is -2.59. The molecule has 0 spiro atoms. The third kappa shape index (κ3) is 2.49. The summed E-state index contributed by atoms with van der Waals surface area (Å²) < 4.78 is 1.74. The molecule has 0 bridgehead atoms. The second-order valence-electron chi connectivity index (χ2n) is 4.91. The fourth-order valence-corrected chi connectivity index (χ4v) is 2.63. The van der Waals surface area contributed by atoms with Gasteiger partial charge in [0.25, 0.3) is 0 Å². The van der Waals surface area contributed by atoms with Gasteiger partial charge in [0.2, 0.25) is 5.43 Å². The highest BCUT2D eigenvalue weighted by atomic mass is 35.5. The SMILES string of the molecule is O=C(O)c1cn(Cc2ccccc2Cl)c2ccccc2c1=O. The highest BCUT2D eigenvalue weighted by Gasteiger charge is 2.14. The lowest BCUT2D eigenvalue weighted by Gasteiger charge is -2.13. The van der Waals surface area contributed by atoms with Crippen LogP contribution in [0.15, 0.2) is 59.5 Å². The Labute approximate surface area is 131 Å². The van der Waals surface area contributed by atoms with Crippen molar-refractivity contribution in [3.63, 3.8) is 0 Å². The molecule has 0 fully saturated rings. The van der Waals surface area contributed by atoms with Crippen LogP contribution < -0.4 is 5.43 Å². The molecular weight excluding hydrogens is 302 g/mol.